The predicted octanol–water partition coefficient (Wildman–Crippen LogP) is 2.40. The second kappa shape index (κ2) is 6.89. The number of nitrogens with zero attached hydrogens (tertiary/aromatic N) is 1. The number of benzene rings is 1. The topological polar surface area (TPSA) is 50.8 Å². The van der Waals surface area contributed by atoms with E-state index in [0.717, 1.165) is 23.7 Å². The zero-order chi connectivity index (χ0) is 16.4. The molecule has 2 unspecified atom stereocenters. The van der Waals surface area contributed by atoms with Gasteiger partial charge < -0.3 is 19.7 Å². The van der Waals surface area contributed by atoms with E-state index in [1.165, 1.54) is 0 Å². The lowest BCUT2D eigenvalue weighted by molar-refractivity contribution is -0.190. The predicted molar refractivity (Wildman–Crippen MR) is 91.4 cm³/mol. The number of halogens is 1. The summed E-state index contributed by atoms with van der Waals surface area (Å²) in [6, 6.07) is 7.72. The lowest BCUT2D eigenvalue weighted by Crippen LogP contribution is -2.57. The third-order valence-electron chi connectivity index (χ3n) is 4.72. The first-order valence-electron chi connectivity index (χ1n) is 8.00. The number of likely N-dealkylation sites (N-methyl/N-ethyl adjacent to an activating group) is 1. The Morgan fingerprint density at radius 3 is 2.52 bits per heavy atom. The van der Waals surface area contributed by atoms with Gasteiger partial charge in [-0.1, -0.05) is 15.9 Å². The van der Waals surface area contributed by atoms with Crippen molar-refractivity contribution in [3.8, 4) is 0 Å². The first kappa shape index (κ1) is 16.9. The van der Waals surface area contributed by atoms with E-state index in [1.54, 1.807) is 0 Å². The van der Waals surface area contributed by atoms with Crippen molar-refractivity contribution in [2.24, 2.45) is 0 Å². The maximum atomic E-state index is 12.5. The van der Waals surface area contributed by atoms with Gasteiger partial charge in [-0.3, -0.25) is 4.79 Å². The van der Waals surface area contributed by atoms with Crippen LogP contribution in [0.4, 0.5) is 0 Å². The van der Waals surface area contributed by atoms with Gasteiger partial charge in [-0.25, -0.2) is 0 Å². The highest BCUT2D eigenvalue weighted by molar-refractivity contribution is 9.10. The maximum absolute atomic E-state index is 12.5. The molecular formula is C17H23BrN2O3. The normalized spacial score (nSPS) is 26.6. The van der Waals surface area contributed by atoms with Crippen LogP contribution in [-0.4, -0.2) is 56.0 Å². The van der Waals surface area contributed by atoms with E-state index in [9.17, 15) is 4.79 Å². The molecular weight excluding hydrogens is 360 g/mol. The first-order chi connectivity index (χ1) is 11.0. The van der Waals surface area contributed by atoms with Gasteiger partial charge in [0.05, 0.1) is 13.2 Å². The molecule has 3 rings (SSSR count). The minimum Gasteiger partial charge on any atom is -0.348 e. The highest BCUT2D eigenvalue weighted by atomic mass is 79.9. The van der Waals surface area contributed by atoms with Crippen molar-refractivity contribution in [3.63, 3.8) is 0 Å². The van der Waals surface area contributed by atoms with Crippen molar-refractivity contribution >= 4 is 21.8 Å². The molecule has 2 aliphatic rings. The minimum absolute atomic E-state index is 0.0291. The van der Waals surface area contributed by atoms with Gasteiger partial charge in [-0.2, -0.15) is 0 Å². The lowest BCUT2D eigenvalue weighted by atomic mass is 9.84. The highest BCUT2D eigenvalue weighted by Gasteiger charge is 2.46. The Bertz CT molecular complexity index is 555. The van der Waals surface area contributed by atoms with E-state index in [2.05, 4.69) is 26.1 Å². The average molecular weight is 383 g/mol. The van der Waals surface area contributed by atoms with Crippen molar-refractivity contribution in [1.82, 2.24) is 10.2 Å². The SMILES string of the molecule is CN(C)C1CC2(CCC1NC(=O)c1ccc(Br)cc1)OCCO2. The Kier molecular flexibility index (Phi) is 5.06. The number of hydrogen-bond acceptors (Lipinski definition) is 4. The molecule has 1 spiro atoms. The molecule has 1 N–H and O–H groups in total. The number of carbonyl (C=O) groups is 1. The zero-order valence-electron chi connectivity index (χ0n) is 13.5. The van der Waals surface area contributed by atoms with E-state index in [4.69, 9.17) is 9.47 Å². The van der Waals surface area contributed by atoms with Crippen LogP contribution < -0.4 is 5.32 Å². The number of hydrogen-bond donors (Lipinski definition) is 1. The first-order valence-corrected chi connectivity index (χ1v) is 8.79. The van der Waals surface area contributed by atoms with Crippen LogP contribution in [0.1, 0.15) is 29.6 Å². The van der Waals surface area contributed by atoms with Crippen molar-refractivity contribution in [1.29, 1.82) is 0 Å². The molecule has 1 aliphatic heterocycles. The van der Waals surface area contributed by atoms with Gasteiger partial charge in [0.1, 0.15) is 0 Å². The fourth-order valence-corrected chi connectivity index (χ4v) is 3.72. The number of nitrogens with one attached hydrogen (secondary N) is 1. The maximum Gasteiger partial charge on any atom is 0.251 e. The Labute approximate surface area is 145 Å². The highest BCUT2D eigenvalue weighted by Crippen LogP contribution is 2.37. The average Bonchev–Trinajstić information content (AvgIpc) is 2.98. The molecule has 1 aromatic rings. The van der Waals surface area contributed by atoms with Gasteiger partial charge in [0.25, 0.3) is 5.91 Å². The fourth-order valence-electron chi connectivity index (χ4n) is 3.45. The number of carbonyl (C=O) groups excluding carboxylic acids is 1. The standard InChI is InChI=1S/C17H23BrN2O3/c1-20(2)15-11-17(22-9-10-23-17)8-7-14(15)19-16(21)12-3-5-13(18)6-4-12/h3-6,14-15H,7-11H2,1-2H3,(H,19,21). The Balaban J connectivity index is 1.68. The summed E-state index contributed by atoms with van der Waals surface area (Å²) >= 11 is 3.39. The van der Waals surface area contributed by atoms with Gasteiger partial charge in [-0.05, 0) is 44.8 Å². The Morgan fingerprint density at radius 2 is 1.91 bits per heavy atom. The molecule has 1 heterocycles. The summed E-state index contributed by atoms with van der Waals surface area (Å²) in [6.07, 6.45) is 2.46. The van der Waals surface area contributed by atoms with Gasteiger partial charge in [0, 0.05) is 35.0 Å². The van der Waals surface area contributed by atoms with Crippen LogP contribution in [0, 0.1) is 0 Å². The van der Waals surface area contributed by atoms with E-state index in [0.29, 0.717) is 18.8 Å². The Morgan fingerprint density at radius 1 is 1.26 bits per heavy atom. The molecule has 5 nitrogen and oxygen atoms in total. The molecule has 1 amide bonds. The van der Waals surface area contributed by atoms with Crippen LogP contribution in [0.3, 0.4) is 0 Å². The van der Waals surface area contributed by atoms with Crippen LogP contribution in [0.15, 0.2) is 28.7 Å². The quantitative estimate of drug-likeness (QED) is 0.871. The van der Waals surface area contributed by atoms with Crippen LogP contribution in [0.5, 0.6) is 0 Å². The summed E-state index contributed by atoms with van der Waals surface area (Å²) in [7, 11) is 4.08. The van der Waals surface area contributed by atoms with E-state index < -0.39 is 5.79 Å². The summed E-state index contributed by atoms with van der Waals surface area (Å²) in [4.78, 5) is 14.6. The fraction of sp³-hybridized carbons (Fsp3) is 0.588. The second-order valence-electron chi connectivity index (χ2n) is 6.47. The monoisotopic (exact) mass is 382 g/mol. The molecule has 2 atom stereocenters. The van der Waals surface area contributed by atoms with E-state index >= 15 is 0 Å². The molecule has 1 aromatic carbocycles. The second-order valence-corrected chi connectivity index (χ2v) is 7.38. The Hall–Kier alpha value is -0.950. The molecule has 126 valence electrons. The molecule has 23 heavy (non-hydrogen) atoms. The molecule has 1 saturated carbocycles. The third-order valence-corrected chi connectivity index (χ3v) is 5.25. The van der Waals surface area contributed by atoms with Gasteiger partial charge in [-0.15, -0.1) is 0 Å². The molecule has 1 saturated heterocycles. The van der Waals surface area contributed by atoms with Crippen LogP contribution in [0.2, 0.25) is 0 Å². The molecule has 0 aromatic heterocycles. The summed E-state index contributed by atoms with van der Waals surface area (Å²) < 4.78 is 12.7. The number of amides is 1. The van der Waals surface area contributed by atoms with Crippen molar-refractivity contribution in [3.05, 3.63) is 34.3 Å². The van der Waals surface area contributed by atoms with Gasteiger partial charge in [0.15, 0.2) is 5.79 Å². The zero-order valence-corrected chi connectivity index (χ0v) is 15.1. The molecule has 0 radical (unpaired) electrons. The summed E-state index contributed by atoms with van der Waals surface area (Å²) in [5.74, 6) is -0.480. The van der Waals surface area contributed by atoms with Gasteiger partial charge >= 0.3 is 0 Å². The minimum atomic E-state index is -0.451. The van der Waals surface area contributed by atoms with Crippen LogP contribution >= 0.6 is 15.9 Å². The lowest BCUT2D eigenvalue weighted by Gasteiger charge is -2.44. The molecule has 6 heteroatoms. The van der Waals surface area contributed by atoms with Crippen molar-refractivity contribution in [2.75, 3.05) is 27.3 Å². The molecule has 0 bridgehead atoms. The van der Waals surface area contributed by atoms with Crippen molar-refractivity contribution < 1.29 is 14.3 Å². The van der Waals surface area contributed by atoms with Crippen LogP contribution in [0.25, 0.3) is 0 Å². The van der Waals surface area contributed by atoms with Gasteiger partial charge in [0.2, 0.25) is 0 Å². The van der Waals surface area contributed by atoms with Crippen molar-refractivity contribution in [2.45, 2.75) is 37.1 Å². The number of ether oxygens (including phenoxy) is 2. The largest absolute Gasteiger partial charge is 0.348 e. The van der Waals surface area contributed by atoms with Crippen LogP contribution in [-0.2, 0) is 9.47 Å². The smallest absolute Gasteiger partial charge is 0.251 e. The molecule has 1 aliphatic carbocycles. The molecule has 2 fully saturated rings. The van der Waals surface area contributed by atoms with E-state index in [1.807, 2.05) is 38.4 Å². The summed E-state index contributed by atoms with van der Waals surface area (Å²) in [6.45, 7) is 1.33. The summed E-state index contributed by atoms with van der Waals surface area (Å²) in [5.41, 5.74) is 0.680. The summed E-state index contributed by atoms with van der Waals surface area (Å²) in [5, 5.41) is 3.19. The number of rotatable bonds is 3. The third kappa shape index (κ3) is 3.76. The van der Waals surface area contributed by atoms with E-state index in [-0.39, 0.29) is 18.0 Å².